The van der Waals surface area contributed by atoms with Gasteiger partial charge in [0.25, 0.3) is 0 Å². The Kier molecular flexibility index (Phi) is 6.45. The van der Waals surface area contributed by atoms with Crippen molar-refractivity contribution in [2.24, 2.45) is 0 Å². The maximum absolute atomic E-state index is 13.4. The lowest BCUT2D eigenvalue weighted by atomic mass is 10.3. The van der Waals surface area contributed by atoms with Gasteiger partial charge in [0.15, 0.2) is 11.5 Å². The van der Waals surface area contributed by atoms with Crippen molar-refractivity contribution in [3.63, 3.8) is 0 Å². The second-order valence-corrected chi connectivity index (χ2v) is 8.40. The Labute approximate surface area is 186 Å². The quantitative estimate of drug-likeness (QED) is 0.325. The smallest absolute Gasteiger partial charge is 0.412 e. The first kappa shape index (κ1) is 21.5. The van der Waals surface area contributed by atoms with Crippen LogP contribution in [0.3, 0.4) is 0 Å². The summed E-state index contributed by atoms with van der Waals surface area (Å²) in [5.74, 6) is 1.90. The van der Waals surface area contributed by atoms with Gasteiger partial charge in [0, 0.05) is 0 Å². The molecule has 0 heterocycles. The summed E-state index contributed by atoms with van der Waals surface area (Å²) in [6, 6.07) is 29.4. The molecule has 0 radical (unpaired) electrons. The number of methoxy groups -OCH3 is 1. The molecular formula is C25H21O6P. The van der Waals surface area contributed by atoms with Crippen LogP contribution in [0.5, 0.6) is 34.5 Å². The maximum Gasteiger partial charge on any atom is 0.412 e. The Morgan fingerprint density at radius 2 is 1.16 bits per heavy atom. The van der Waals surface area contributed by atoms with Gasteiger partial charge in [0.2, 0.25) is 5.75 Å². The van der Waals surface area contributed by atoms with Crippen molar-refractivity contribution >= 4 is 12.9 Å². The number of hydrogen-bond donors (Lipinski definition) is 1. The van der Waals surface area contributed by atoms with Gasteiger partial charge in [0.05, 0.1) is 7.11 Å². The zero-order valence-electron chi connectivity index (χ0n) is 17.3. The molecule has 7 heteroatoms. The number of hydrogen-bond acceptors (Lipinski definition) is 5. The van der Waals surface area contributed by atoms with E-state index < -0.39 is 7.60 Å². The molecule has 162 valence electrons. The lowest BCUT2D eigenvalue weighted by Crippen LogP contribution is -2.12. The van der Waals surface area contributed by atoms with Gasteiger partial charge < -0.3 is 23.6 Å². The minimum absolute atomic E-state index is 0.0253. The molecule has 1 atom stereocenters. The van der Waals surface area contributed by atoms with Gasteiger partial charge in [-0.3, -0.25) is 0 Å². The molecule has 4 aromatic rings. The lowest BCUT2D eigenvalue weighted by Gasteiger charge is -2.20. The summed E-state index contributed by atoms with van der Waals surface area (Å²) < 4.78 is 36.1. The van der Waals surface area contributed by atoms with Gasteiger partial charge >= 0.3 is 7.60 Å². The molecule has 0 aliphatic heterocycles. The summed E-state index contributed by atoms with van der Waals surface area (Å²) >= 11 is 0. The summed E-state index contributed by atoms with van der Waals surface area (Å²) in [4.78, 5) is 10.9. The predicted molar refractivity (Wildman–Crippen MR) is 123 cm³/mol. The van der Waals surface area contributed by atoms with Crippen LogP contribution >= 0.6 is 7.60 Å². The second kappa shape index (κ2) is 9.60. The molecule has 0 bridgehead atoms. The highest BCUT2D eigenvalue weighted by Gasteiger charge is 2.31. The highest BCUT2D eigenvalue weighted by atomic mass is 31.2. The van der Waals surface area contributed by atoms with E-state index in [4.69, 9.17) is 18.7 Å². The molecule has 1 unspecified atom stereocenters. The fourth-order valence-corrected chi connectivity index (χ4v) is 4.19. The average Bonchev–Trinajstić information content (AvgIpc) is 2.81. The number of ether oxygens (including phenoxy) is 3. The standard InChI is InChI=1S/C25H21O6P/c1-28-22-16-10-17-23(25(22)30-20-13-6-3-7-14-20)31-32(26,27)24-18-9-8-15-21(24)29-19-11-4-2-5-12-19/h2-18H,1H3,(H,26,27). The molecule has 4 aromatic carbocycles. The molecule has 4 rings (SSSR count). The third kappa shape index (κ3) is 4.94. The fourth-order valence-electron chi connectivity index (χ4n) is 3.01. The first-order valence-corrected chi connectivity index (χ1v) is 11.4. The minimum atomic E-state index is -4.36. The van der Waals surface area contributed by atoms with Crippen LogP contribution in [0.15, 0.2) is 103 Å². The molecule has 0 amide bonds. The Morgan fingerprint density at radius 3 is 1.81 bits per heavy atom. The van der Waals surface area contributed by atoms with E-state index in [1.807, 2.05) is 36.4 Å². The maximum atomic E-state index is 13.4. The Morgan fingerprint density at radius 1 is 0.625 bits per heavy atom. The van der Waals surface area contributed by atoms with Gasteiger partial charge in [-0.1, -0.05) is 54.6 Å². The molecule has 6 nitrogen and oxygen atoms in total. The first-order chi connectivity index (χ1) is 15.6. The van der Waals surface area contributed by atoms with Gasteiger partial charge in [0.1, 0.15) is 22.6 Å². The highest BCUT2D eigenvalue weighted by Crippen LogP contribution is 2.50. The summed E-state index contributed by atoms with van der Waals surface area (Å²) in [5, 5.41) is 0.0253. The molecule has 0 fully saturated rings. The van der Waals surface area contributed by atoms with Crippen molar-refractivity contribution in [2.45, 2.75) is 0 Å². The molecule has 32 heavy (non-hydrogen) atoms. The van der Waals surface area contributed by atoms with E-state index in [2.05, 4.69) is 0 Å². The molecule has 0 saturated carbocycles. The van der Waals surface area contributed by atoms with Gasteiger partial charge in [-0.2, -0.15) is 0 Å². The van der Waals surface area contributed by atoms with Crippen molar-refractivity contribution in [3.8, 4) is 34.5 Å². The van der Waals surface area contributed by atoms with E-state index in [0.717, 1.165) is 0 Å². The number of rotatable bonds is 8. The molecule has 0 aliphatic rings. The molecule has 0 aromatic heterocycles. The normalized spacial score (nSPS) is 12.4. The van der Waals surface area contributed by atoms with Crippen LogP contribution in [0.1, 0.15) is 0 Å². The lowest BCUT2D eigenvalue weighted by molar-refractivity contribution is 0.354. The van der Waals surface area contributed by atoms with Crippen LogP contribution in [0, 0.1) is 0 Å². The van der Waals surface area contributed by atoms with Crippen molar-refractivity contribution in [2.75, 3.05) is 7.11 Å². The van der Waals surface area contributed by atoms with E-state index in [1.165, 1.54) is 13.2 Å². The van der Waals surface area contributed by atoms with Crippen molar-refractivity contribution in [1.82, 2.24) is 0 Å². The second-order valence-electron chi connectivity index (χ2n) is 6.70. The molecule has 0 aliphatic carbocycles. The molecule has 0 spiro atoms. The Balaban J connectivity index is 1.68. The fraction of sp³-hybridized carbons (Fsp3) is 0.0400. The molecule has 1 N–H and O–H groups in total. The SMILES string of the molecule is COc1cccc(OP(=O)(O)c2ccccc2Oc2ccccc2)c1Oc1ccccc1. The summed E-state index contributed by atoms with van der Waals surface area (Å²) in [6.45, 7) is 0. The summed E-state index contributed by atoms with van der Waals surface area (Å²) in [6.07, 6.45) is 0. The Hall–Kier alpha value is -3.73. The van der Waals surface area contributed by atoms with E-state index in [-0.39, 0.29) is 22.6 Å². The van der Waals surface area contributed by atoms with Crippen molar-refractivity contribution in [3.05, 3.63) is 103 Å². The van der Waals surface area contributed by atoms with Gasteiger partial charge in [-0.05, 0) is 48.5 Å². The third-order valence-corrected chi connectivity index (χ3v) is 5.91. The van der Waals surface area contributed by atoms with Crippen LogP contribution in [0.25, 0.3) is 0 Å². The van der Waals surface area contributed by atoms with Crippen LogP contribution in [-0.4, -0.2) is 12.0 Å². The van der Waals surface area contributed by atoms with E-state index >= 15 is 0 Å². The van der Waals surface area contributed by atoms with Crippen LogP contribution in [-0.2, 0) is 4.57 Å². The van der Waals surface area contributed by atoms with Gasteiger partial charge in [-0.15, -0.1) is 0 Å². The predicted octanol–water partition coefficient (Wildman–Crippen LogP) is 6.17. The van der Waals surface area contributed by atoms with E-state index in [9.17, 15) is 9.46 Å². The van der Waals surface area contributed by atoms with Crippen molar-refractivity contribution < 1.29 is 28.2 Å². The first-order valence-electron chi connectivity index (χ1n) is 9.81. The van der Waals surface area contributed by atoms with Crippen LogP contribution < -0.4 is 24.0 Å². The number of para-hydroxylation sites is 4. The zero-order chi connectivity index (χ0) is 22.4. The minimum Gasteiger partial charge on any atom is -0.493 e. The zero-order valence-corrected chi connectivity index (χ0v) is 18.1. The topological polar surface area (TPSA) is 74.2 Å². The number of benzene rings is 4. The largest absolute Gasteiger partial charge is 0.493 e. The van der Waals surface area contributed by atoms with Gasteiger partial charge in [-0.25, -0.2) is 4.57 Å². The monoisotopic (exact) mass is 448 g/mol. The van der Waals surface area contributed by atoms with Crippen LogP contribution in [0.4, 0.5) is 0 Å². The van der Waals surface area contributed by atoms with E-state index in [0.29, 0.717) is 17.2 Å². The van der Waals surface area contributed by atoms with Crippen molar-refractivity contribution in [1.29, 1.82) is 0 Å². The Bertz CT molecular complexity index is 1230. The molecular weight excluding hydrogens is 427 g/mol. The molecule has 0 saturated heterocycles. The summed E-state index contributed by atoms with van der Waals surface area (Å²) in [7, 11) is -2.88. The van der Waals surface area contributed by atoms with E-state index in [1.54, 1.807) is 60.7 Å². The summed E-state index contributed by atoms with van der Waals surface area (Å²) in [5.41, 5.74) is 0. The van der Waals surface area contributed by atoms with Crippen LogP contribution in [0.2, 0.25) is 0 Å². The third-order valence-electron chi connectivity index (χ3n) is 4.49. The average molecular weight is 448 g/mol. The highest BCUT2D eigenvalue weighted by molar-refractivity contribution is 7.61.